The maximum atomic E-state index is 11.8. The Morgan fingerprint density at radius 2 is 1.84 bits per heavy atom. The molecule has 0 aliphatic heterocycles. The highest BCUT2D eigenvalue weighted by atomic mass is 16.2. The summed E-state index contributed by atoms with van der Waals surface area (Å²) in [5, 5.41) is 5.52. The quantitative estimate of drug-likeness (QED) is 0.572. The lowest BCUT2D eigenvalue weighted by atomic mass is 9.86. The normalized spacial score (nSPS) is 23.2. The molecule has 0 heterocycles. The van der Waals surface area contributed by atoms with Gasteiger partial charge < -0.3 is 15.5 Å². The summed E-state index contributed by atoms with van der Waals surface area (Å²) >= 11 is 0. The molecule has 2 atom stereocenters. The van der Waals surface area contributed by atoms with Crippen LogP contribution in [0.3, 0.4) is 0 Å². The molecule has 19 heavy (non-hydrogen) atoms. The minimum Gasteiger partial charge on any atom is -0.348 e. The van der Waals surface area contributed by atoms with Crippen LogP contribution in [0, 0.1) is 5.92 Å². The molecule has 1 rings (SSSR count). The summed E-state index contributed by atoms with van der Waals surface area (Å²) in [6, 6.07) is 0.161. The average molecular weight is 269 g/mol. The first kappa shape index (κ1) is 16.0. The third kappa shape index (κ3) is 6.05. The Morgan fingerprint density at radius 1 is 1.16 bits per heavy atom. The number of amides is 2. The molecule has 1 saturated carbocycles. The minimum absolute atomic E-state index is 0.161. The molecule has 5 nitrogen and oxygen atoms in total. The van der Waals surface area contributed by atoms with Gasteiger partial charge in [0.1, 0.15) is 0 Å². The third-order valence-corrected chi connectivity index (χ3v) is 3.70. The van der Waals surface area contributed by atoms with Crippen molar-refractivity contribution >= 4 is 11.8 Å². The first-order chi connectivity index (χ1) is 9.00. The van der Waals surface area contributed by atoms with Crippen molar-refractivity contribution in [3.05, 3.63) is 0 Å². The Hall–Kier alpha value is -1.10. The molecule has 2 N–H and O–H groups in total. The van der Waals surface area contributed by atoms with Gasteiger partial charge in [-0.2, -0.15) is 0 Å². The molecule has 0 aromatic heterocycles. The second-order valence-corrected chi connectivity index (χ2v) is 5.75. The van der Waals surface area contributed by atoms with Gasteiger partial charge in [-0.05, 0) is 45.8 Å². The number of nitrogens with zero attached hydrogens (tertiary/aromatic N) is 1. The topological polar surface area (TPSA) is 61.4 Å². The van der Waals surface area contributed by atoms with E-state index in [4.69, 9.17) is 0 Å². The summed E-state index contributed by atoms with van der Waals surface area (Å²) in [5.41, 5.74) is 0. The van der Waals surface area contributed by atoms with E-state index < -0.39 is 11.8 Å². The second kappa shape index (κ2) is 8.15. The molecule has 0 aromatic carbocycles. The third-order valence-electron chi connectivity index (χ3n) is 3.70. The van der Waals surface area contributed by atoms with E-state index >= 15 is 0 Å². The van der Waals surface area contributed by atoms with Crippen LogP contribution in [0.1, 0.15) is 39.0 Å². The summed E-state index contributed by atoms with van der Waals surface area (Å²) in [6.45, 7) is 3.59. The Kier molecular flexibility index (Phi) is 6.84. The van der Waals surface area contributed by atoms with Crippen molar-refractivity contribution in [1.82, 2.24) is 15.5 Å². The molecular weight excluding hydrogens is 242 g/mol. The Morgan fingerprint density at radius 3 is 2.47 bits per heavy atom. The van der Waals surface area contributed by atoms with Crippen LogP contribution < -0.4 is 10.6 Å². The molecule has 110 valence electrons. The Bertz CT molecular complexity index is 305. The maximum Gasteiger partial charge on any atom is 0.309 e. The van der Waals surface area contributed by atoms with Gasteiger partial charge in [0.2, 0.25) is 0 Å². The van der Waals surface area contributed by atoms with Crippen LogP contribution in [-0.2, 0) is 9.59 Å². The number of rotatable bonds is 5. The highest BCUT2D eigenvalue weighted by Crippen LogP contribution is 2.23. The van der Waals surface area contributed by atoms with E-state index in [0.717, 1.165) is 32.2 Å². The van der Waals surface area contributed by atoms with Crippen molar-refractivity contribution in [2.75, 3.05) is 27.2 Å². The van der Waals surface area contributed by atoms with Crippen LogP contribution in [-0.4, -0.2) is 49.9 Å². The molecule has 1 fully saturated rings. The fourth-order valence-electron chi connectivity index (χ4n) is 2.44. The summed E-state index contributed by atoms with van der Waals surface area (Å²) < 4.78 is 0. The Balaban J connectivity index is 2.22. The SMILES string of the molecule is CC1CCCCC1NC(=O)C(=O)NCCCN(C)C. The van der Waals surface area contributed by atoms with E-state index in [1.54, 1.807) is 0 Å². The van der Waals surface area contributed by atoms with Crippen molar-refractivity contribution in [2.45, 2.75) is 45.1 Å². The first-order valence-corrected chi connectivity index (χ1v) is 7.24. The molecule has 1 aliphatic rings. The van der Waals surface area contributed by atoms with Crippen molar-refractivity contribution in [3.8, 4) is 0 Å². The molecule has 0 spiro atoms. The van der Waals surface area contributed by atoms with Crippen LogP contribution in [0.4, 0.5) is 0 Å². The number of carbonyl (C=O) groups is 2. The lowest BCUT2D eigenvalue weighted by Gasteiger charge is -2.29. The molecule has 1 aliphatic carbocycles. The van der Waals surface area contributed by atoms with Gasteiger partial charge in [0.15, 0.2) is 0 Å². The number of nitrogens with one attached hydrogen (secondary N) is 2. The van der Waals surface area contributed by atoms with Crippen molar-refractivity contribution in [1.29, 1.82) is 0 Å². The van der Waals surface area contributed by atoms with Gasteiger partial charge in [-0.3, -0.25) is 9.59 Å². The molecule has 2 amide bonds. The number of carbonyl (C=O) groups excluding carboxylic acids is 2. The average Bonchev–Trinajstić information content (AvgIpc) is 2.36. The molecule has 0 aromatic rings. The van der Waals surface area contributed by atoms with Gasteiger partial charge in [-0.1, -0.05) is 19.8 Å². The zero-order chi connectivity index (χ0) is 14.3. The van der Waals surface area contributed by atoms with Crippen LogP contribution in [0.5, 0.6) is 0 Å². The van der Waals surface area contributed by atoms with Crippen LogP contribution in [0.25, 0.3) is 0 Å². The number of hydrogen-bond donors (Lipinski definition) is 2. The first-order valence-electron chi connectivity index (χ1n) is 7.24. The van der Waals surface area contributed by atoms with Crippen LogP contribution in [0.2, 0.25) is 0 Å². The van der Waals surface area contributed by atoms with E-state index in [1.807, 2.05) is 14.1 Å². The lowest BCUT2D eigenvalue weighted by molar-refractivity contribution is -0.140. The van der Waals surface area contributed by atoms with Crippen molar-refractivity contribution in [3.63, 3.8) is 0 Å². The standard InChI is InChI=1S/C14H27N3O2/c1-11-7-4-5-8-12(11)16-14(19)13(18)15-9-6-10-17(2)3/h11-12H,4-10H2,1-3H3,(H,15,18)(H,16,19). The highest BCUT2D eigenvalue weighted by molar-refractivity contribution is 6.35. The predicted octanol–water partition coefficient (Wildman–Crippen LogP) is 0.749. The van der Waals surface area contributed by atoms with Crippen molar-refractivity contribution in [2.24, 2.45) is 5.92 Å². The largest absolute Gasteiger partial charge is 0.348 e. The summed E-state index contributed by atoms with van der Waals surface area (Å²) in [7, 11) is 3.97. The Labute approximate surface area is 116 Å². The molecule has 2 unspecified atom stereocenters. The lowest BCUT2D eigenvalue weighted by Crippen LogP contribution is -2.48. The van der Waals surface area contributed by atoms with E-state index in [2.05, 4.69) is 22.5 Å². The predicted molar refractivity (Wildman–Crippen MR) is 75.7 cm³/mol. The van der Waals surface area contributed by atoms with Gasteiger partial charge in [0.25, 0.3) is 0 Å². The fraction of sp³-hybridized carbons (Fsp3) is 0.857. The van der Waals surface area contributed by atoms with E-state index in [9.17, 15) is 9.59 Å². The molecular formula is C14H27N3O2. The second-order valence-electron chi connectivity index (χ2n) is 5.75. The van der Waals surface area contributed by atoms with E-state index in [0.29, 0.717) is 12.5 Å². The van der Waals surface area contributed by atoms with Gasteiger partial charge in [-0.25, -0.2) is 0 Å². The van der Waals surface area contributed by atoms with Crippen LogP contribution in [0.15, 0.2) is 0 Å². The van der Waals surface area contributed by atoms with E-state index in [1.165, 1.54) is 6.42 Å². The maximum absolute atomic E-state index is 11.8. The minimum atomic E-state index is -0.503. The van der Waals surface area contributed by atoms with E-state index in [-0.39, 0.29) is 6.04 Å². The summed E-state index contributed by atoms with van der Waals surface area (Å²) in [6.07, 6.45) is 5.34. The zero-order valence-corrected chi connectivity index (χ0v) is 12.4. The van der Waals surface area contributed by atoms with Crippen molar-refractivity contribution < 1.29 is 9.59 Å². The zero-order valence-electron chi connectivity index (χ0n) is 12.4. The molecule has 5 heteroatoms. The molecule has 0 saturated heterocycles. The van der Waals surface area contributed by atoms with Gasteiger partial charge in [0, 0.05) is 12.6 Å². The molecule has 0 bridgehead atoms. The fourth-order valence-corrected chi connectivity index (χ4v) is 2.44. The molecule has 0 radical (unpaired) electrons. The van der Waals surface area contributed by atoms with Crippen LogP contribution >= 0.6 is 0 Å². The number of hydrogen-bond acceptors (Lipinski definition) is 3. The summed E-state index contributed by atoms with van der Waals surface area (Å²) in [5.74, 6) is -0.514. The monoisotopic (exact) mass is 269 g/mol. The highest BCUT2D eigenvalue weighted by Gasteiger charge is 2.25. The van der Waals surface area contributed by atoms with Gasteiger partial charge in [0.05, 0.1) is 0 Å². The van der Waals surface area contributed by atoms with Gasteiger partial charge in [-0.15, -0.1) is 0 Å². The smallest absolute Gasteiger partial charge is 0.309 e. The van der Waals surface area contributed by atoms with Gasteiger partial charge >= 0.3 is 11.8 Å². The summed E-state index contributed by atoms with van der Waals surface area (Å²) in [4.78, 5) is 25.4.